The van der Waals surface area contributed by atoms with Gasteiger partial charge in [0.15, 0.2) is 5.78 Å². The molecule has 1 N–H and O–H groups in total. The molecule has 0 unspecified atom stereocenters. The number of hydrogen-bond acceptors (Lipinski definition) is 4. The number of rotatable bonds is 6. The number of fused-ring (bicyclic) bond motifs is 1. The van der Waals surface area contributed by atoms with Crippen LogP contribution in [0.5, 0.6) is 0 Å². The van der Waals surface area contributed by atoms with Crippen molar-refractivity contribution >= 4 is 28.3 Å². The number of hydrogen-bond donors (Lipinski definition) is 1. The van der Waals surface area contributed by atoms with Crippen molar-refractivity contribution in [3.63, 3.8) is 0 Å². The molecule has 4 aromatic rings. The second-order valence-corrected chi connectivity index (χ2v) is 7.69. The van der Waals surface area contributed by atoms with E-state index >= 15 is 0 Å². The molecule has 2 aromatic carbocycles. The van der Waals surface area contributed by atoms with Gasteiger partial charge in [0.25, 0.3) is 0 Å². The van der Waals surface area contributed by atoms with Gasteiger partial charge in [-0.05, 0) is 55.3 Å². The summed E-state index contributed by atoms with van der Waals surface area (Å²) in [6.45, 7) is 3.90. The van der Waals surface area contributed by atoms with Gasteiger partial charge in [0, 0.05) is 35.2 Å². The van der Waals surface area contributed by atoms with E-state index in [1.54, 1.807) is 28.8 Å². The molecule has 160 valence electrons. The summed E-state index contributed by atoms with van der Waals surface area (Å²) in [5.41, 5.74) is 3.38. The van der Waals surface area contributed by atoms with Crippen LogP contribution >= 0.6 is 0 Å². The van der Waals surface area contributed by atoms with Crippen molar-refractivity contribution in [2.24, 2.45) is 0 Å². The summed E-state index contributed by atoms with van der Waals surface area (Å²) in [6, 6.07) is 16.2. The molecule has 0 aliphatic heterocycles. The largest absolute Gasteiger partial charge is 0.337 e. The molecule has 2 heterocycles. The molecule has 0 saturated carbocycles. The van der Waals surface area contributed by atoms with Crippen LogP contribution in [0.1, 0.15) is 34.0 Å². The van der Waals surface area contributed by atoms with Crippen molar-refractivity contribution in [3.8, 4) is 0 Å². The van der Waals surface area contributed by atoms with Gasteiger partial charge in [0.05, 0.1) is 11.1 Å². The summed E-state index contributed by atoms with van der Waals surface area (Å²) >= 11 is 0. The zero-order valence-corrected chi connectivity index (χ0v) is 18.0. The van der Waals surface area contributed by atoms with E-state index in [0.29, 0.717) is 22.2 Å². The second-order valence-electron chi connectivity index (χ2n) is 7.69. The molecule has 4 rings (SSSR count). The Bertz CT molecular complexity index is 1370. The minimum Gasteiger partial charge on any atom is -0.337 e. The highest BCUT2D eigenvalue weighted by Gasteiger charge is 2.18. The average molecular weight is 425 g/mol. The molecule has 32 heavy (non-hydrogen) atoms. The molecule has 0 saturated heterocycles. The molecule has 0 radical (unpaired) electrons. The summed E-state index contributed by atoms with van der Waals surface area (Å²) in [5.74, 6) is -0.642. The van der Waals surface area contributed by atoms with Crippen molar-refractivity contribution in [2.45, 2.75) is 26.8 Å². The Morgan fingerprint density at radius 1 is 1.03 bits per heavy atom. The van der Waals surface area contributed by atoms with Gasteiger partial charge < -0.3 is 9.88 Å². The van der Waals surface area contributed by atoms with Gasteiger partial charge in [0.1, 0.15) is 6.54 Å². The number of pyridine rings is 2. The third kappa shape index (κ3) is 4.34. The third-order valence-corrected chi connectivity index (χ3v) is 5.36. The minimum atomic E-state index is -0.398. The van der Waals surface area contributed by atoms with Crippen molar-refractivity contribution in [3.05, 3.63) is 106 Å². The summed E-state index contributed by atoms with van der Waals surface area (Å²) in [6.07, 6.45) is 5.36. The first-order valence-electron chi connectivity index (χ1n) is 10.4. The number of carbonyl (C=O) groups excluding carboxylic acids is 2. The van der Waals surface area contributed by atoms with E-state index in [-0.39, 0.29) is 23.4 Å². The lowest BCUT2D eigenvalue weighted by atomic mass is 10.0. The summed E-state index contributed by atoms with van der Waals surface area (Å²) in [5, 5.41) is 3.31. The molecule has 6 heteroatoms. The number of nitrogens with zero attached hydrogens (tertiary/aromatic N) is 2. The van der Waals surface area contributed by atoms with Crippen LogP contribution < -0.4 is 10.7 Å². The normalized spacial score (nSPS) is 10.8. The first kappa shape index (κ1) is 21.2. The first-order valence-corrected chi connectivity index (χ1v) is 10.4. The quantitative estimate of drug-likeness (QED) is 0.471. The Morgan fingerprint density at radius 3 is 2.56 bits per heavy atom. The van der Waals surface area contributed by atoms with Crippen molar-refractivity contribution < 1.29 is 9.59 Å². The number of aromatic nitrogens is 2. The summed E-state index contributed by atoms with van der Waals surface area (Å²) in [7, 11) is 0. The van der Waals surface area contributed by atoms with Crippen LogP contribution in [0.15, 0.2) is 78.0 Å². The van der Waals surface area contributed by atoms with Gasteiger partial charge >= 0.3 is 0 Å². The number of anilines is 1. The lowest BCUT2D eigenvalue weighted by Crippen LogP contribution is -2.24. The Kier molecular flexibility index (Phi) is 5.94. The van der Waals surface area contributed by atoms with Crippen LogP contribution in [0, 0.1) is 6.92 Å². The molecule has 0 bridgehead atoms. The monoisotopic (exact) mass is 425 g/mol. The smallest absolute Gasteiger partial charge is 0.244 e. The maximum absolute atomic E-state index is 13.1. The molecule has 0 aliphatic rings. The van der Waals surface area contributed by atoms with Crippen LogP contribution in [0.2, 0.25) is 0 Å². The van der Waals surface area contributed by atoms with Gasteiger partial charge in [-0.25, -0.2) is 0 Å². The van der Waals surface area contributed by atoms with E-state index in [9.17, 15) is 14.4 Å². The van der Waals surface area contributed by atoms with E-state index in [4.69, 9.17) is 0 Å². The maximum atomic E-state index is 13.1. The van der Waals surface area contributed by atoms with Gasteiger partial charge in [-0.1, -0.05) is 30.7 Å². The fourth-order valence-corrected chi connectivity index (χ4v) is 3.69. The van der Waals surface area contributed by atoms with Crippen molar-refractivity contribution in [1.29, 1.82) is 0 Å². The maximum Gasteiger partial charge on any atom is 0.244 e. The van der Waals surface area contributed by atoms with E-state index in [1.165, 1.54) is 18.6 Å². The van der Waals surface area contributed by atoms with Gasteiger partial charge in [0.2, 0.25) is 11.3 Å². The third-order valence-electron chi connectivity index (χ3n) is 5.36. The molecule has 0 spiro atoms. The van der Waals surface area contributed by atoms with Crippen LogP contribution in [-0.4, -0.2) is 21.2 Å². The van der Waals surface area contributed by atoms with Crippen LogP contribution in [0.25, 0.3) is 10.9 Å². The molecule has 0 atom stereocenters. The van der Waals surface area contributed by atoms with E-state index < -0.39 is 5.78 Å². The summed E-state index contributed by atoms with van der Waals surface area (Å²) in [4.78, 5) is 42.9. The Labute approximate surface area is 185 Å². The number of carbonyl (C=O) groups is 2. The van der Waals surface area contributed by atoms with E-state index in [2.05, 4.69) is 17.2 Å². The predicted octanol–water partition coefficient (Wildman–Crippen LogP) is 4.14. The molecular weight excluding hydrogens is 402 g/mol. The van der Waals surface area contributed by atoms with Gasteiger partial charge in [-0.2, -0.15) is 0 Å². The highest BCUT2D eigenvalue weighted by molar-refractivity contribution is 6.10. The van der Waals surface area contributed by atoms with Crippen LogP contribution in [0.3, 0.4) is 0 Å². The van der Waals surface area contributed by atoms with Crippen molar-refractivity contribution in [1.82, 2.24) is 9.55 Å². The first-order chi connectivity index (χ1) is 15.5. The lowest BCUT2D eigenvalue weighted by Gasteiger charge is -2.14. The molecule has 6 nitrogen and oxygen atoms in total. The topological polar surface area (TPSA) is 81.1 Å². The highest BCUT2D eigenvalue weighted by Crippen LogP contribution is 2.17. The second kappa shape index (κ2) is 8.98. The standard InChI is InChI=1S/C26H23N3O3/c1-3-18-5-4-6-20(14-18)28-24(30)16-29-15-22(25(31)19-9-11-27-12-10-19)26(32)21-13-17(2)7-8-23(21)29/h4-15H,3,16H2,1-2H3,(H,28,30). The van der Waals surface area contributed by atoms with Crippen molar-refractivity contribution in [2.75, 3.05) is 5.32 Å². The minimum absolute atomic E-state index is 0.0232. The van der Waals surface area contributed by atoms with E-state index in [1.807, 2.05) is 37.3 Å². The molecule has 0 fully saturated rings. The molecule has 0 aliphatic carbocycles. The molecule has 2 aromatic heterocycles. The fraction of sp³-hybridized carbons (Fsp3) is 0.154. The Hall–Kier alpha value is -4.06. The Balaban J connectivity index is 1.74. The van der Waals surface area contributed by atoms with Gasteiger partial charge in [-0.15, -0.1) is 0 Å². The highest BCUT2D eigenvalue weighted by atomic mass is 16.2. The zero-order valence-electron chi connectivity index (χ0n) is 18.0. The number of ketones is 1. The predicted molar refractivity (Wildman–Crippen MR) is 125 cm³/mol. The SMILES string of the molecule is CCc1cccc(NC(=O)Cn2cc(C(=O)c3ccncc3)c(=O)c3cc(C)ccc32)c1. The summed E-state index contributed by atoms with van der Waals surface area (Å²) < 4.78 is 1.66. The average Bonchev–Trinajstić information content (AvgIpc) is 2.81. The zero-order chi connectivity index (χ0) is 22.7. The fourth-order valence-electron chi connectivity index (χ4n) is 3.69. The van der Waals surface area contributed by atoms with Crippen LogP contribution in [0.4, 0.5) is 5.69 Å². The van der Waals surface area contributed by atoms with Gasteiger partial charge in [-0.3, -0.25) is 19.4 Å². The lowest BCUT2D eigenvalue weighted by molar-refractivity contribution is -0.116. The number of benzene rings is 2. The van der Waals surface area contributed by atoms with E-state index in [0.717, 1.165) is 17.5 Å². The Morgan fingerprint density at radius 2 is 1.81 bits per heavy atom. The number of amides is 1. The molecular formula is C26H23N3O3. The number of nitrogens with one attached hydrogen (secondary N) is 1. The molecule has 1 amide bonds. The number of aryl methyl sites for hydroxylation is 2. The van der Waals surface area contributed by atoms with Crippen LogP contribution in [-0.2, 0) is 17.8 Å².